The van der Waals surface area contributed by atoms with Crippen molar-refractivity contribution in [1.29, 1.82) is 0 Å². The van der Waals surface area contributed by atoms with Gasteiger partial charge in [-0.05, 0) is 25.0 Å². The molecule has 1 aromatic heterocycles. The molecule has 0 saturated heterocycles. The van der Waals surface area contributed by atoms with Crippen LogP contribution in [-0.2, 0) is 11.3 Å². The molecule has 1 saturated carbocycles. The summed E-state index contributed by atoms with van der Waals surface area (Å²) >= 11 is 1.68. The van der Waals surface area contributed by atoms with Gasteiger partial charge in [0.2, 0.25) is 5.89 Å². The first kappa shape index (κ1) is 11.9. The Labute approximate surface area is 100 Å². The van der Waals surface area contributed by atoms with Crippen molar-refractivity contribution in [2.24, 2.45) is 11.7 Å². The molecule has 1 fully saturated rings. The molecule has 4 nitrogen and oxygen atoms in total. The minimum absolute atomic E-state index is 0.363. The van der Waals surface area contributed by atoms with E-state index in [-0.39, 0.29) is 5.54 Å². The van der Waals surface area contributed by atoms with E-state index in [9.17, 15) is 0 Å². The highest BCUT2D eigenvalue weighted by molar-refractivity contribution is 7.97. The number of aromatic nitrogens is 2. The van der Waals surface area contributed by atoms with E-state index in [0.717, 1.165) is 25.0 Å². The second-order valence-corrected chi connectivity index (χ2v) is 5.67. The van der Waals surface area contributed by atoms with Crippen LogP contribution in [0.4, 0.5) is 0 Å². The standard InChI is InChI=1S/C11H19N3OS/c1-8-4-3-5-11(12,6-8)10-13-9(7-16-2)15-14-10/h8H,3-7,12H2,1-2H3. The highest BCUT2D eigenvalue weighted by atomic mass is 32.2. The van der Waals surface area contributed by atoms with Gasteiger partial charge in [-0.3, -0.25) is 0 Å². The fourth-order valence-electron chi connectivity index (χ4n) is 2.43. The van der Waals surface area contributed by atoms with Gasteiger partial charge in [-0.1, -0.05) is 24.9 Å². The van der Waals surface area contributed by atoms with Crippen molar-refractivity contribution in [3.8, 4) is 0 Å². The molecule has 1 aliphatic carbocycles. The van der Waals surface area contributed by atoms with Crippen molar-refractivity contribution in [2.75, 3.05) is 6.26 Å². The first-order valence-electron chi connectivity index (χ1n) is 5.75. The van der Waals surface area contributed by atoms with E-state index in [4.69, 9.17) is 10.3 Å². The molecule has 2 atom stereocenters. The Bertz CT molecular complexity index is 355. The Morgan fingerprint density at radius 2 is 2.44 bits per heavy atom. The summed E-state index contributed by atoms with van der Waals surface area (Å²) in [6.07, 6.45) is 6.37. The number of nitrogens with zero attached hydrogens (tertiary/aromatic N) is 2. The molecule has 1 aromatic rings. The van der Waals surface area contributed by atoms with Crippen LogP contribution in [0.3, 0.4) is 0 Å². The summed E-state index contributed by atoms with van der Waals surface area (Å²) in [5.41, 5.74) is 6.03. The molecule has 1 aliphatic rings. The summed E-state index contributed by atoms with van der Waals surface area (Å²) in [7, 11) is 0. The summed E-state index contributed by atoms with van der Waals surface area (Å²) in [6.45, 7) is 2.24. The number of thioether (sulfide) groups is 1. The lowest BCUT2D eigenvalue weighted by molar-refractivity contribution is 0.221. The van der Waals surface area contributed by atoms with E-state index in [1.165, 1.54) is 6.42 Å². The van der Waals surface area contributed by atoms with Crippen molar-refractivity contribution in [1.82, 2.24) is 10.1 Å². The molecule has 90 valence electrons. The fraction of sp³-hybridized carbons (Fsp3) is 0.818. The molecule has 16 heavy (non-hydrogen) atoms. The minimum Gasteiger partial charge on any atom is -0.338 e. The smallest absolute Gasteiger partial charge is 0.236 e. The van der Waals surface area contributed by atoms with Gasteiger partial charge < -0.3 is 10.3 Å². The van der Waals surface area contributed by atoms with Crippen molar-refractivity contribution >= 4 is 11.8 Å². The van der Waals surface area contributed by atoms with Crippen LogP contribution in [0.15, 0.2) is 4.52 Å². The van der Waals surface area contributed by atoms with Gasteiger partial charge in [0.25, 0.3) is 0 Å². The summed E-state index contributed by atoms with van der Waals surface area (Å²) in [4.78, 5) is 4.41. The molecule has 2 unspecified atom stereocenters. The second kappa shape index (κ2) is 4.75. The fourth-order valence-corrected chi connectivity index (χ4v) is 2.80. The Morgan fingerprint density at radius 3 is 3.12 bits per heavy atom. The Kier molecular flexibility index (Phi) is 3.54. The molecule has 0 aromatic carbocycles. The van der Waals surface area contributed by atoms with E-state index in [2.05, 4.69) is 17.1 Å². The first-order valence-corrected chi connectivity index (χ1v) is 7.14. The van der Waals surface area contributed by atoms with E-state index in [1.807, 2.05) is 6.26 Å². The maximum atomic E-state index is 6.39. The van der Waals surface area contributed by atoms with Crippen LogP contribution in [0, 0.1) is 5.92 Å². The maximum Gasteiger partial charge on any atom is 0.236 e. The van der Waals surface area contributed by atoms with Gasteiger partial charge in [-0.15, -0.1) is 0 Å². The summed E-state index contributed by atoms with van der Waals surface area (Å²) in [5.74, 6) is 2.80. The highest BCUT2D eigenvalue weighted by Gasteiger charge is 2.36. The quantitative estimate of drug-likeness (QED) is 0.879. The predicted octanol–water partition coefficient (Wildman–Crippen LogP) is 2.30. The Balaban J connectivity index is 2.14. The predicted molar refractivity (Wildman–Crippen MR) is 65.0 cm³/mol. The number of hydrogen-bond donors (Lipinski definition) is 1. The lowest BCUT2D eigenvalue weighted by Gasteiger charge is -2.33. The molecule has 2 rings (SSSR count). The first-order chi connectivity index (χ1) is 7.64. The number of hydrogen-bond acceptors (Lipinski definition) is 5. The normalized spacial score (nSPS) is 30.6. The van der Waals surface area contributed by atoms with Crippen molar-refractivity contribution in [3.63, 3.8) is 0 Å². The topological polar surface area (TPSA) is 64.9 Å². The SMILES string of the molecule is CSCc1nc(C2(N)CCCC(C)C2)no1. The summed E-state index contributed by atoms with van der Waals surface area (Å²) in [6, 6.07) is 0. The van der Waals surface area contributed by atoms with Gasteiger partial charge in [-0.25, -0.2) is 0 Å². The highest BCUT2D eigenvalue weighted by Crippen LogP contribution is 2.36. The molecule has 0 aliphatic heterocycles. The molecule has 0 amide bonds. The zero-order valence-electron chi connectivity index (χ0n) is 9.90. The van der Waals surface area contributed by atoms with Crippen LogP contribution < -0.4 is 5.73 Å². The molecular weight excluding hydrogens is 222 g/mol. The van der Waals surface area contributed by atoms with Crippen LogP contribution >= 0.6 is 11.8 Å². The third kappa shape index (κ3) is 2.40. The van der Waals surface area contributed by atoms with Crippen LogP contribution in [0.5, 0.6) is 0 Å². The number of rotatable bonds is 3. The molecule has 0 bridgehead atoms. The van der Waals surface area contributed by atoms with Crippen LogP contribution in [0.2, 0.25) is 0 Å². The minimum atomic E-state index is -0.363. The van der Waals surface area contributed by atoms with E-state index >= 15 is 0 Å². The molecular formula is C11H19N3OS. The maximum absolute atomic E-state index is 6.39. The average molecular weight is 241 g/mol. The second-order valence-electron chi connectivity index (χ2n) is 4.80. The largest absolute Gasteiger partial charge is 0.338 e. The third-order valence-corrected chi connectivity index (χ3v) is 3.75. The van der Waals surface area contributed by atoms with Crippen molar-refractivity contribution in [2.45, 2.75) is 43.9 Å². The molecule has 1 heterocycles. The van der Waals surface area contributed by atoms with Crippen LogP contribution in [0.1, 0.15) is 44.3 Å². The van der Waals surface area contributed by atoms with Gasteiger partial charge >= 0.3 is 0 Å². The Morgan fingerprint density at radius 1 is 1.62 bits per heavy atom. The monoisotopic (exact) mass is 241 g/mol. The number of nitrogens with two attached hydrogens (primary N) is 1. The molecule has 0 radical (unpaired) electrons. The van der Waals surface area contributed by atoms with Crippen LogP contribution in [0.25, 0.3) is 0 Å². The van der Waals surface area contributed by atoms with Crippen LogP contribution in [-0.4, -0.2) is 16.4 Å². The lowest BCUT2D eigenvalue weighted by Crippen LogP contribution is -2.42. The van der Waals surface area contributed by atoms with Gasteiger partial charge in [0.1, 0.15) is 0 Å². The summed E-state index contributed by atoms with van der Waals surface area (Å²) in [5, 5.41) is 4.04. The lowest BCUT2D eigenvalue weighted by atomic mass is 9.76. The molecule has 2 N–H and O–H groups in total. The third-order valence-electron chi connectivity index (χ3n) is 3.21. The van der Waals surface area contributed by atoms with Gasteiger partial charge in [-0.2, -0.15) is 16.7 Å². The zero-order chi connectivity index (χ0) is 11.6. The van der Waals surface area contributed by atoms with Gasteiger partial charge in [0, 0.05) is 0 Å². The molecule has 5 heteroatoms. The van der Waals surface area contributed by atoms with E-state index in [1.54, 1.807) is 11.8 Å². The van der Waals surface area contributed by atoms with Crippen molar-refractivity contribution in [3.05, 3.63) is 11.7 Å². The molecule has 0 spiro atoms. The Hall–Kier alpha value is -0.550. The van der Waals surface area contributed by atoms with Gasteiger partial charge in [0.05, 0.1) is 11.3 Å². The van der Waals surface area contributed by atoms with E-state index < -0.39 is 0 Å². The van der Waals surface area contributed by atoms with Crippen molar-refractivity contribution < 1.29 is 4.52 Å². The van der Waals surface area contributed by atoms with Gasteiger partial charge in [0.15, 0.2) is 5.82 Å². The van der Waals surface area contributed by atoms with E-state index in [0.29, 0.717) is 17.6 Å². The summed E-state index contributed by atoms with van der Waals surface area (Å²) < 4.78 is 5.20. The zero-order valence-corrected chi connectivity index (χ0v) is 10.7. The average Bonchev–Trinajstić information content (AvgIpc) is 2.67.